The van der Waals surface area contributed by atoms with Crippen LogP contribution in [-0.4, -0.2) is 27.6 Å². The summed E-state index contributed by atoms with van der Waals surface area (Å²) < 4.78 is 5.43. The maximum absolute atomic E-state index is 11.8. The van der Waals surface area contributed by atoms with E-state index in [0.29, 0.717) is 22.9 Å². The van der Waals surface area contributed by atoms with E-state index in [9.17, 15) is 14.7 Å². The first-order valence-electron chi connectivity index (χ1n) is 7.44. The highest BCUT2D eigenvalue weighted by Gasteiger charge is 2.08. The van der Waals surface area contributed by atoms with Crippen molar-refractivity contribution in [2.75, 3.05) is 11.9 Å². The van der Waals surface area contributed by atoms with Crippen molar-refractivity contribution in [3.05, 3.63) is 68.8 Å². The molecule has 2 heterocycles. The number of aromatic amines is 1. The van der Waals surface area contributed by atoms with E-state index in [-0.39, 0.29) is 23.3 Å². The summed E-state index contributed by atoms with van der Waals surface area (Å²) in [4.78, 5) is 29.6. The second-order valence-electron chi connectivity index (χ2n) is 5.16. The molecule has 0 bridgehead atoms. The van der Waals surface area contributed by atoms with Crippen LogP contribution in [0.3, 0.4) is 0 Å². The quantitative estimate of drug-likeness (QED) is 0.627. The van der Waals surface area contributed by atoms with Crippen LogP contribution in [0.4, 0.5) is 5.82 Å². The van der Waals surface area contributed by atoms with Crippen molar-refractivity contribution < 1.29 is 14.6 Å². The summed E-state index contributed by atoms with van der Waals surface area (Å²) in [6.45, 7) is -0.129. The second kappa shape index (κ2) is 7.63. The Morgan fingerprint density at radius 2 is 2.04 bits per heavy atom. The zero-order valence-corrected chi connectivity index (χ0v) is 13.9. The molecule has 7 nitrogen and oxygen atoms in total. The number of hydrogen-bond acceptors (Lipinski definition) is 6. The van der Waals surface area contributed by atoms with Crippen molar-refractivity contribution in [1.29, 1.82) is 0 Å². The highest BCUT2D eigenvalue weighted by atomic mass is 32.1. The lowest BCUT2D eigenvalue weighted by Gasteiger charge is -2.07. The highest BCUT2D eigenvalue weighted by Crippen LogP contribution is 2.21. The maximum atomic E-state index is 11.8. The number of nitrogens with one attached hydrogen (secondary N) is 2. The highest BCUT2D eigenvalue weighted by molar-refractivity contribution is 7.09. The molecule has 0 unspecified atom stereocenters. The number of ether oxygens (including phenoxy) is 1. The molecule has 0 aliphatic carbocycles. The lowest BCUT2D eigenvalue weighted by molar-refractivity contribution is -0.118. The number of carbonyl (C=O) groups excluding carboxylic acids is 1. The Morgan fingerprint density at radius 1 is 1.24 bits per heavy atom. The van der Waals surface area contributed by atoms with E-state index in [4.69, 9.17) is 4.74 Å². The molecule has 0 aliphatic heterocycles. The largest absolute Gasteiger partial charge is 0.494 e. The number of carbonyl (C=O) groups is 1. The molecule has 3 aromatic rings. The summed E-state index contributed by atoms with van der Waals surface area (Å²) in [5, 5.41) is 12.2. The van der Waals surface area contributed by atoms with E-state index in [1.54, 1.807) is 36.5 Å². The third kappa shape index (κ3) is 4.67. The summed E-state index contributed by atoms with van der Waals surface area (Å²) in [7, 11) is 0. The maximum Gasteiger partial charge on any atom is 0.307 e. The minimum absolute atomic E-state index is 0.0958. The number of H-pyrrole nitrogens is 1. The molecule has 2 aromatic heterocycles. The van der Waals surface area contributed by atoms with Crippen LogP contribution in [0.1, 0.15) is 10.4 Å². The Balaban J connectivity index is 1.53. The predicted octanol–water partition coefficient (Wildman–Crippen LogP) is 2.15. The first-order chi connectivity index (χ1) is 12.1. The summed E-state index contributed by atoms with van der Waals surface area (Å²) >= 11 is 0.977. The number of anilines is 1. The summed E-state index contributed by atoms with van der Waals surface area (Å²) in [6.07, 6.45) is 2.03. The molecule has 25 heavy (non-hydrogen) atoms. The van der Waals surface area contributed by atoms with Gasteiger partial charge in [-0.3, -0.25) is 14.6 Å². The number of nitrogens with zero attached hydrogens (tertiary/aromatic N) is 1. The van der Waals surface area contributed by atoms with Gasteiger partial charge in [0.1, 0.15) is 11.6 Å². The van der Waals surface area contributed by atoms with E-state index >= 15 is 0 Å². The van der Waals surface area contributed by atoms with Crippen molar-refractivity contribution in [3.8, 4) is 11.6 Å². The normalized spacial score (nSPS) is 10.4. The SMILES string of the molecule is O=C(COc1ccc(Cc2sc(=O)[nH]c2O)cc1)Nc1ccccn1. The number of amides is 1. The van der Waals surface area contributed by atoms with Gasteiger partial charge in [0, 0.05) is 12.6 Å². The first kappa shape index (κ1) is 16.7. The number of pyridine rings is 1. The van der Waals surface area contributed by atoms with E-state index in [2.05, 4.69) is 15.3 Å². The minimum Gasteiger partial charge on any atom is -0.494 e. The molecule has 3 N–H and O–H groups in total. The standard InChI is InChI=1S/C17H15N3O4S/c21-15(19-14-3-1-2-8-18-14)10-24-12-6-4-11(5-7-12)9-13-16(22)20-17(23)25-13/h1-8,22H,9-10H2,(H,20,23)(H,18,19,21). The van der Waals surface area contributed by atoms with Crippen LogP contribution in [0.15, 0.2) is 53.5 Å². The van der Waals surface area contributed by atoms with Crippen LogP contribution in [0.25, 0.3) is 0 Å². The van der Waals surface area contributed by atoms with Crippen LogP contribution in [0.5, 0.6) is 11.6 Å². The molecule has 0 saturated carbocycles. The van der Waals surface area contributed by atoms with Gasteiger partial charge in [0.25, 0.3) is 5.91 Å². The summed E-state index contributed by atoms with van der Waals surface area (Å²) in [5.74, 6) is 0.620. The Hall–Kier alpha value is -3.13. The third-order valence-electron chi connectivity index (χ3n) is 3.29. The van der Waals surface area contributed by atoms with Gasteiger partial charge in [-0.15, -0.1) is 0 Å². The van der Waals surface area contributed by atoms with Crippen molar-refractivity contribution in [2.45, 2.75) is 6.42 Å². The topological polar surface area (TPSA) is 104 Å². The van der Waals surface area contributed by atoms with E-state index in [1.807, 2.05) is 12.1 Å². The van der Waals surface area contributed by atoms with Gasteiger partial charge in [0.05, 0.1) is 4.88 Å². The van der Waals surface area contributed by atoms with Crippen molar-refractivity contribution >= 4 is 23.1 Å². The van der Waals surface area contributed by atoms with E-state index in [1.165, 1.54) is 0 Å². The molecular weight excluding hydrogens is 342 g/mol. The van der Waals surface area contributed by atoms with E-state index in [0.717, 1.165) is 16.9 Å². The molecule has 8 heteroatoms. The molecule has 0 aliphatic rings. The fraction of sp³-hybridized carbons (Fsp3) is 0.118. The van der Waals surface area contributed by atoms with Crippen LogP contribution in [0, 0.1) is 0 Å². The van der Waals surface area contributed by atoms with Crippen molar-refractivity contribution in [3.63, 3.8) is 0 Å². The molecule has 0 spiro atoms. The van der Waals surface area contributed by atoms with Gasteiger partial charge in [0.2, 0.25) is 5.88 Å². The number of aromatic hydroxyl groups is 1. The number of hydrogen-bond donors (Lipinski definition) is 3. The third-order valence-corrected chi connectivity index (χ3v) is 4.16. The lowest BCUT2D eigenvalue weighted by atomic mass is 10.1. The van der Waals surface area contributed by atoms with Gasteiger partial charge in [-0.1, -0.05) is 29.5 Å². The summed E-state index contributed by atoms with van der Waals surface area (Å²) in [5.41, 5.74) is 0.913. The Bertz CT molecular complexity index is 904. The van der Waals surface area contributed by atoms with Gasteiger partial charge in [-0.25, -0.2) is 4.98 Å². The first-order valence-corrected chi connectivity index (χ1v) is 8.25. The molecule has 0 fully saturated rings. The van der Waals surface area contributed by atoms with Gasteiger partial charge in [0.15, 0.2) is 6.61 Å². The fourth-order valence-electron chi connectivity index (χ4n) is 2.13. The average molecular weight is 357 g/mol. The minimum atomic E-state index is -0.301. The molecule has 0 atom stereocenters. The fourth-order valence-corrected chi connectivity index (χ4v) is 2.88. The number of benzene rings is 1. The second-order valence-corrected chi connectivity index (χ2v) is 6.23. The monoisotopic (exact) mass is 357 g/mol. The Labute approximate surface area is 147 Å². The smallest absolute Gasteiger partial charge is 0.307 e. The average Bonchev–Trinajstić information content (AvgIpc) is 2.92. The van der Waals surface area contributed by atoms with Crippen LogP contribution < -0.4 is 14.9 Å². The predicted molar refractivity (Wildman–Crippen MR) is 94.2 cm³/mol. The van der Waals surface area contributed by atoms with Crippen molar-refractivity contribution in [1.82, 2.24) is 9.97 Å². The van der Waals surface area contributed by atoms with Crippen LogP contribution in [0.2, 0.25) is 0 Å². The van der Waals surface area contributed by atoms with Gasteiger partial charge >= 0.3 is 4.87 Å². The molecule has 0 saturated heterocycles. The lowest BCUT2D eigenvalue weighted by Crippen LogP contribution is -2.20. The Morgan fingerprint density at radius 3 is 2.68 bits per heavy atom. The number of aromatic nitrogens is 2. The van der Waals surface area contributed by atoms with Crippen molar-refractivity contribution in [2.24, 2.45) is 0 Å². The zero-order chi connectivity index (χ0) is 17.6. The molecule has 1 aromatic carbocycles. The number of thiazole rings is 1. The molecule has 0 radical (unpaired) electrons. The molecular formula is C17H15N3O4S. The Kier molecular flexibility index (Phi) is 5.10. The molecule has 3 rings (SSSR count). The van der Waals surface area contributed by atoms with Crippen LogP contribution >= 0.6 is 11.3 Å². The zero-order valence-electron chi connectivity index (χ0n) is 13.1. The summed E-state index contributed by atoms with van der Waals surface area (Å²) in [6, 6.07) is 12.3. The van der Waals surface area contributed by atoms with Gasteiger partial charge < -0.3 is 15.2 Å². The van der Waals surface area contributed by atoms with Crippen LogP contribution in [-0.2, 0) is 11.2 Å². The van der Waals surface area contributed by atoms with Gasteiger partial charge in [-0.05, 0) is 29.8 Å². The molecule has 1 amide bonds. The van der Waals surface area contributed by atoms with Gasteiger partial charge in [-0.2, -0.15) is 0 Å². The number of rotatable bonds is 6. The molecule has 128 valence electrons. The van der Waals surface area contributed by atoms with E-state index < -0.39 is 0 Å².